The number of amides is 1. The molecule has 2 aliphatic rings. The summed E-state index contributed by atoms with van der Waals surface area (Å²) in [6.07, 6.45) is 6.34. The Hall–Kier alpha value is -4.05. The molecule has 0 unspecified atom stereocenters. The Labute approximate surface area is 208 Å². The van der Waals surface area contributed by atoms with Gasteiger partial charge in [-0.1, -0.05) is 0 Å². The molecule has 0 spiro atoms. The third-order valence-electron chi connectivity index (χ3n) is 7.25. The standard InChI is InChI=1S/C26H28N8O2/c1-14-17(11-28-19-4-3-5-21(35)25(14)19)20-8-15-9-22(29-12-18(15)26(27)30-20)31-23-10-16-6-7-33(2)24(36)13-34(16)32-23/h8-12,21,35H,3-7,13H2,1-2H3,(H2,27,30)(H,29,31,32)/t21-/m1/s1. The third-order valence-corrected chi connectivity index (χ3v) is 7.25. The Balaban J connectivity index is 1.34. The van der Waals surface area contributed by atoms with Crippen molar-refractivity contribution in [2.75, 3.05) is 24.6 Å². The first-order valence-corrected chi connectivity index (χ1v) is 12.2. The SMILES string of the molecule is Cc1c(-c2cc3cc(Nc4cc5n(n4)CC(=O)N(C)CC5)ncc3c(N)n2)cnc2c1[C@H](O)CCC2. The fraction of sp³-hybridized carbons (Fsp3) is 0.346. The maximum atomic E-state index is 12.2. The van der Waals surface area contributed by atoms with E-state index in [1.165, 1.54) is 0 Å². The molecule has 0 radical (unpaired) electrons. The van der Waals surface area contributed by atoms with Crippen molar-refractivity contribution >= 4 is 34.1 Å². The van der Waals surface area contributed by atoms with Gasteiger partial charge in [0, 0.05) is 66.4 Å². The molecule has 0 saturated carbocycles. The Kier molecular flexibility index (Phi) is 5.33. The minimum Gasteiger partial charge on any atom is -0.388 e. The van der Waals surface area contributed by atoms with Crippen LogP contribution in [0.15, 0.2) is 30.6 Å². The first-order valence-electron chi connectivity index (χ1n) is 12.2. The third kappa shape index (κ3) is 3.83. The van der Waals surface area contributed by atoms with Crippen molar-refractivity contribution in [3.63, 3.8) is 0 Å². The van der Waals surface area contributed by atoms with Crippen LogP contribution in [0.2, 0.25) is 0 Å². The molecule has 184 valence electrons. The first kappa shape index (κ1) is 22.4. The summed E-state index contributed by atoms with van der Waals surface area (Å²) in [5.74, 6) is 1.68. The smallest absolute Gasteiger partial charge is 0.244 e. The van der Waals surface area contributed by atoms with Crippen molar-refractivity contribution in [2.45, 2.75) is 45.3 Å². The van der Waals surface area contributed by atoms with E-state index in [0.29, 0.717) is 29.7 Å². The number of hydrogen-bond donors (Lipinski definition) is 3. The average molecular weight is 485 g/mol. The number of carbonyl (C=O) groups excluding carboxylic acids is 1. The second-order valence-corrected chi connectivity index (χ2v) is 9.62. The molecule has 1 aliphatic heterocycles. The number of rotatable bonds is 3. The molecule has 36 heavy (non-hydrogen) atoms. The number of likely N-dealkylation sites (N-methyl/N-ethyl adjacent to an activating group) is 1. The molecule has 0 saturated heterocycles. The van der Waals surface area contributed by atoms with Crippen molar-refractivity contribution in [2.24, 2.45) is 0 Å². The zero-order valence-electron chi connectivity index (χ0n) is 20.3. The highest BCUT2D eigenvalue weighted by Crippen LogP contribution is 2.36. The molecule has 1 aliphatic carbocycles. The number of nitrogens with two attached hydrogens (primary N) is 1. The van der Waals surface area contributed by atoms with Crippen LogP contribution in [-0.4, -0.2) is 54.2 Å². The molecule has 4 aromatic heterocycles. The normalized spacial score (nSPS) is 17.6. The number of pyridine rings is 3. The van der Waals surface area contributed by atoms with Gasteiger partial charge in [0.2, 0.25) is 5.91 Å². The number of aromatic nitrogens is 5. The maximum Gasteiger partial charge on any atom is 0.244 e. The highest BCUT2D eigenvalue weighted by molar-refractivity contribution is 5.95. The fourth-order valence-electron chi connectivity index (χ4n) is 5.20. The Morgan fingerprint density at radius 1 is 1.14 bits per heavy atom. The van der Waals surface area contributed by atoms with Crippen LogP contribution in [0.1, 0.15) is 41.5 Å². The van der Waals surface area contributed by atoms with E-state index in [4.69, 9.17) is 5.73 Å². The van der Waals surface area contributed by atoms with E-state index < -0.39 is 6.10 Å². The lowest BCUT2D eigenvalue weighted by Crippen LogP contribution is -2.29. The van der Waals surface area contributed by atoms with Gasteiger partial charge in [0.25, 0.3) is 0 Å². The molecule has 0 bridgehead atoms. The molecule has 1 atom stereocenters. The number of nitrogen functional groups attached to an aromatic ring is 1. The van der Waals surface area contributed by atoms with Crippen molar-refractivity contribution in [1.82, 2.24) is 29.6 Å². The highest BCUT2D eigenvalue weighted by Gasteiger charge is 2.24. The number of carbonyl (C=O) groups is 1. The quantitative estimate of drug-likeness (QED) is 0.404. The van der Waals surface area contributed by atoms with Crippen LogP contribution in [0.25, 0.3) is 22.0 Å². The van der Waals surface area contributed by atoms with Crippen LogP contribution in [-0.2, 0) is 24.2 Å². The van der Waals surface area contributed by atoms with Gasteiger partial charge in [-0.05, 0) is 49.3 Å². The van der Waals surface area contributed by atoms with Gasteiger partial charge in [-0.25, -0.2) is 9.97 Å². The van der Waals surface area contributed by atoms with Gasteiger partial charge in [-0.3, -0.25) is 14.5 Å². The Morgan fingerprint density at radius 2 is 2.00 bits per heavy atom. The molecule has 0 aromatic carbocycles. The van der Waals surface area contributed by atoms with Crippen LogP contribution in [0.5, 0.6) is 0 Å². The van der Waals surface area contributed by atoms with Crippen LogP contribution in [0, 0.1) is 6.92 Å². The van der Waals surface area contributed by atoms with Crippen LogP contribution in [0.4, 0.5) is 17.5 Å². The summed E-state index contributed by atoms with van der Waals surface area (Å²) in [6, 6.07) is 5.84. The number of aryl methyl sites for hydroxylation is 1. The van der Waals surface area contributed by atoms with E-state index in [2.05, 4.69) is 25.4 Å². The predicted octanol–water partition coefficient (Wildman–Crippen LogP) is 2.91. The van der Waals surface area contributed by atoms with Gasteiger partial charge in [-0.15, -0.1) is 0 Å². The minimum absolute atomic E-state index is 0.0437. The van der Waals surface area contributed by atoms with Gasteiger partial charge >= 0.3 is 0 Å². The van der Waals surface area contributed by atoms with E-state index in [0.717, 1.165) is 64.5 Å². The highest BCUT2D eigenvalue weighted by atomic mass is 16.3. The van der Waals surface area contributed by atoms with Gasteiger partial charge < -0.3 is 21.1 Å². The lowest BCUT2D eigenvalue weighted by Gasteiger charge is -2.24. The summed E-state index contributed by atoms with van der Waals surface area (Å²) in [4.78, 5) is 27.7. The topological polar surface area (TPSA) is 135 Å². The van der Waals surface area contributed by atoms with E-state index >= 15 is 0 Å². The first-order chi connectivity index (χ1) is 17.4. The molecular formula is C26H28N8O2. The van der Waals surface area contributed by atoms with Gasteiger partial charge in [0.1, 0.15) is 18.2 Å². The summed E-state index contributed by atoms with van der Waals surface area (Å²) >= 11 is 0. The zero-order valence-corrected chi connectivity index (χ0v) is 20.3. The molecule has 6 rings (SSSR count). The molecule has 1 amide bonds. The summed E-state index contributed by atoms with van der Waals surface area (Å²) in [5.41, 5.74) is 11.8. The summed E-state index contributed by atoms with van der Waals surface area (Å²) in [6.45, 7) is 2.91. The van der Waals surface area contributed by atoms with Crippen molar-refractivity contribution < 1.29 is 9.90 Å². The number of nitrogens with one attached hydrogen (secondary N) is 1. The number of anilines is 3. The van der Waals surface area contributed by atoms with Gasteiger partial charge in [-0.2, -0.15) is 5.10 Å². The second kappa shape index (κ2) is 8.56. The molecule has 0 fully saturated rings. The molecule has 4 N–H and O–H groups in total. The Bertz CT molecular complexity index is 1510. The van der Waals surface area contributed by atoms with E-state index in [1.807, 2.05) is 38.4 Å². The van der Waals surface area contributed by atoms with Crippen LogP contribution >= 0.6 is 0 Å². The van der Waals surface area contributed by atoms with Crippen molar-refractivity contribution in [3.05, 3.63) is 53.1 Å². The average Bonchev–Trinajstić information content (AvgIpc) is 3.17. The zero-order chi connectivity index (χ0) is 25.0. The number of aliphatic hydroxyl groups excluding tert-OH is 1. The largest absolute Gasteiger partial charge is 0.388 e. The summed E-state index contributed by atoms with van der Waals surface area (Å²) < 4.78 is 1.75. The van der Waals surface area contributed by atoms with E-state index in [-0.39, 0.29) is 12.5 Å². The summed E-state index contributed by atoms with van der Waals surface area (Å²) in [5, 5.41) is 20.0. The molecule has 10 nitrogen and oxygen atoms in total. The molecule has 5 heterocycles. The number of hydrogen-bond acceptors (Lipinski definition) is 8. The minimum atomic E-state index is -0.500. The molecular weight excluding hydrogens is 456 g/mol. The summed E-state index contributed by atoms with van der Waals surface area (Å²) in [7, 11) is 1.81. The van der Waals surface area contributed by atoms with Crippen molar-refractivity contribution in [3.8, 4) is 11.3 Å². The van der Waals surface area contributed by atoms with Gasteiger partial charge in [0.15, 0.2) is 5.82 Å². The number of fused-ring (bicyclic) bond motifs is 3. The second-order valence-electron chi connectivity index (χ2n) is 9.62. The van der Waals surface area contributed by atoms with Crippen LogP contribution in [0.3, 0.4) is 0 Å². The molecule has 10 heteroatoms. The van der Waals surface area contributed by atoms with E-state index in [9.17, 15) is 9.90 Å². The number of nitrogens with zero attached hydrogens (tertiary/aromatic N) is 6. The van der Waals surface area contributed by atoms with Crippen molar-refractivity contribution in [1.29, 1.82) is 0 Å². The lowest BCUT2D eigenvalue weighted by atomic mass is 9.88. The molecule has 4 aromatic rings. The maximum absolute atomic E-state index is 12.2. The monoisotopic (exact) mass is 484 g/mol. The van der Waals surface area contributed by atoms with Crippen LogP contribution < -0.4 is 11.1 Å². The Morgan fingerprint density at radius 3 is 2.86 bits per heavy atom. The van der Waals surface area contributed by atoms with E-state index in [1.54, 1.807) is 15.8 Å². The number of aliphatic hydroxyl groups is 1. The predicted molar refractivity (Wildman–Crippen MR) is 137 cm³/mol. The lowest BCUT2D eigenvalue weighted by molar-refractivity contribution is -0.130. The van der Waals surface area contributed by atoms with Gasteiger partial charge in [0.05, 0.1) is 11.8 Å². The fourth-order valence-corrected chi connectivity index (χ4v) is 5.20.